The molecule has 18 heavy (non-hydrogen) atoms. The van der Waals surface area contributed by atoms with Crippen molar-refractivity contribution in [2.75, 3.05) is 7.05 Å². The summed E-state index contributed by atoms with van der Waals surface area (Å²) in [5, 5.41) is 9.75. The average molecular weight is 281 g/mol. The molecular formula is C13H19N3S2. The van der Waals surface area contributed by atoms with Crippen molar-refractivity contribution in [3.05, 3.63) is 32.2 Å². The van der Waals surface area contributed by atoms with Gasteiger partial charge in [0.25, 0.3) is 0 Å². The van der Waals surface area contributed by atoms with E-state index in [0.29, 0.717) is 0 Å². The van der Waals surface area contributed by atoms with E-state index in [1.54, 1.807) is 22.7 Å². The fraction of sp³-hybridized carbons (Fsp3) is 0.538. The van der Waals surface area contributed by atoms with Gasteiger partial charge in [-0.3, -0.25) is 0 Å². The average Bonchev–Trinajstić information content (AvgIpc) is 2.88. The van der Waals surface area contributed by atoms with Crippen LogP contribution in [0.4, 0.5) is 0 Å². The number of nitrogens with one attached hydrogen (secondary N) is 1. The summed E-state index contributed by atoms with van der Waals surface area (Å²) in [6, 6.07) is 0.107. The van der Waals surface area contributed by atoms with Crippen molar-refractivity contribution < 1.29 is 0 Å². The van der Waals surface area contributed by atoms with Gasteiger partial charge in [0, 0.05) is 16.2 Å². The molecule has 0 saturated heterocycles. The van der Waals surface area contributed by atoms with E-state index in [1.807, 2.05) is 14.0 Å². The highest BCUT2D eigenvalue weighted by atomic mass is 32.1. The summed E-state index contributed by atoms with van der Waals surface area (Å²) in [6.07, 6.45) is 0. The lowest BCUT2D eigenvalue weighted by atomic mass is 9.93. The second-order valence-corrected chi connectivity index (χ2v) is 7.29. The molecule has 0 aromatic carbocycles. The number of hydrogen-bond acceptors (Lipinski definition) is 5. The van der Waals surface area contributed by atoms with Gasteiger partial charge in [-0.15, -0.1) is 22.7 Å². The minimum Gasteiger partial charge on any atom is -0.306 e. The van der Waals surface area contributed by atoms with Gasteiger partial charge in [0.2, 0.25) is 0 Å². The summed E-state index contributed by atoms with van der Waals surface area (Å²) >= 11 is 3.39. The predicted molar refractivity (Wildman–Crippen MR) is 78.6 cm³/mol. The lowest BCUT2D eigenvalue weighted by Gasteiger charge is -2.15. The number of rotatable bonds is 3. The number of hydrogen-bond donors (Lipinski definition) is 1. The number of nitrogens with zero attached hydrogens (tertiary/aromatic N) is 2. The van der Waals surface area contributed by atoms with Crippen molar-refractivity contribution in [1.82, 2.24) is 15.3 Å². The highest BCUT2D eigenvalue weighted by molar-refractivity contribution is 7.10. The second kappa shape index (κ2) is 5.07. The number of thiazole rings is 2. The summed E-state index contributed by atoms with van der Waals surface area (Å²) in [4.78, 5) is 9.31. The van der Waals surface area contributed by atoms with Crippen LogP contribution in [-0.2, 0) is 5.41 Å². The van der Waals surface area contributed by atoms with Gasteiger partial charge in [-0.05, 0) is 14.0 Å². The first-order valence-electron chi connectivity index (χ1n) is 5.97. The Labute approximate surface area is 116 Å². The fourth-order valence-corrected chi connectivity index (χ4v) is 3.48. The Hall–Kier alpha value is -0.780. The van der Waals surface area contributed by atoms with E-state index in [2.05, 4.69) is 41.8 Å². The minimum absolute atomic E-state index is 0.102. The highest BCUT2D eigenvalue weighted by Gasteiger charge is 2.22. The Kier molecular flexibility index (Phi) is 3.84. The molecule has 2 aromatic rings. The van der Waals surface area contributed by atoms with Crippen molar-refractivity contribution in [3.63, 3.8) is 0 Å². The topological polar surface area (TPSA) is 37.8 Å². The molecule has 0 fully saturated rings. The van der Waals surface area contributed by atoms with Crippen molar-refractivity contribution in [2.24, 2.45) is 0 Å². The number of aryl methyl sites for hydroxylation is 1. The van der Waals surface area contributed by atoms with Crippen LogP contribution in [0.2, 0.25) is 0 Å². The van der Waals surface area contributed by atoms with E-state index < -0.39 is 0 Å². The summed E-state index contributed by atoms with van der Waals surface area (Å²) in [7, 11) is 1.96. The van der Waals surface area contributed by atoms with Gasteiger partial charge in [0.05, 0.1) is 16.4 Å². The molecule has 0 amide bonds. The lowest BCUT2D eigenvalue weighted by Crippen LogP contribution is -2.19. The van der Waals surface area contributed by atoms with Crippen LogP contribution in [0.15, 0.2) is 10.8 Å². The van der Waals surface area contributed by atoms with Crippen molar-refractivity contribution in [2.45, 2.75) is 39.2 Å². The zero-order chi connectivity index (χ0) is 13.3. The molecule has 1 unspecified atom stereocenters. The first-order chi connectivity index (χ1) is 8.41. The monoisotopic (exact) mass is 281 g/mol. The molecule has 1 N–H and O–H groups in total. The quantitative estimate of drug-likeness (QED) is 0.935. The van der Waals surface area contributed by atoms with Crippen LogP contribution >= 0.6 is 22.7 Å². The van der Waals surface area contributed by atoms with Gasteiger partial charge in [0.1, 0.15) is 11.0 Å². The molecule has 3 nitrogen and oxygen atoms in total. The van der Waals surface area contributed by atoms with E-state index in [0.717, 1.165) is 21.4 Å². The van der Waals surface area contributed by atoms with Crippen molar-refractivity contribution in [1.29, 1.82) is 0 Å². The van der Waals surface area contributed by atoms with Crippen molar-refractivity contribution >= 4 is 22.7 Å². The lowest BCUT2D eigenvalue weighted by molar-refractivity contribution is 0.565. The first kappa shape index (κ1) is 13.6. The zero-order valence-electron chi connectivity index (χ0n) is 11.4. The molecule has 98 valence electrons. The Morgan fingerprint density at radius 1 is 1.17 bits per heavy atom. The summed E-state index contributed by atoms with van der Waals surface area (Å²) in [6.45, 7) is 8.59. The molecule has 2 heterocycles. The summed E-state index contributed by atoms with van der Waals surface area (Å²) in [5.41, 5.74) is 2.31. The van der Waals surface area contributed by atoms with Crippen LogP contribution < -0.4 is 5.32 Å². The third kappa shape index (κ3) is 2.79. The molecule has 0 aliphatic heterocycles. The molecule has 0 bridgehead atoms. The van der Waals surface area contributed by atoms with Crippen LogP contribution in [0, 0.1) is 6.92 Å². The van der Waals surface area contributed by atoms with Gasteiger partial charge in [-0.1, -0.05) is 20.8 Å². The van der Waals surface area contributed by atoms with Crippen LogP contribution in [-0.4, -0.2) is 17.0 Å². The largest absolute Gasteiger partial charge is 0.306 e. The number of aromatic nitrogens is 2. The van der Waals surface area contributed by atoms with E-state index >= 15 is 0 Å². The molecular weight excluding hydrogens is 262 g/mol. The highest BCUT2D eigenvalue weighted by Crippen LogP contribution is 2.30. The van der Waals surface area contributed by atoms with Gasteiger partial charge in [0.15, 0.2) is 0 Å². The molecule has 0 aliphatic carbocycles. The Balaban J connectivity index is 2.31. The smallest absolute Gasteiger partial charge is 0.116 e. The fourth-order valence-electron chi connectivity index (χ4n) is 1.68. The van der Waals surface area contributed by atoms with Crippen LogP contribution in [0.25, 0.3) is 0 Å². The van der Waals surface area contributed by atoms with Gasteiger partial charge >= 0.3 is 0 Å². The predicted octanol–water partition coefficient (Wildman–Crippen LogP) is 3.51. The standard InChI is InChI=1S/C13H19N3S2/c1-8-15-9(6-17-8)11(14-5)12-16-10(7-18-12)13(2,3)4/h6-7,11,14H,1-5H3. The van der Waals surface area contributed by atoms with Crippen LogP contribution in [0.3, 0.4) is 0 Å². The summed E-state index contributed by atoms with van der Waals surface area (Å²) < 4.78 is 0. The van der Waals surface area contributed by atoms with E-state index in [9.17, 15) is 0 Å². The normalized spacial score (nSPS) is 13.8. The zero-order valence-corrected chi connectivity index (χ0v) is 13.1. The molecule has 1 atom stereocenters. The van der Waals surface area contributed by atoms with Crippen molar-refractivity contribution in [3.8, 4) is 0 Å². The van der Waals surface area contributed by atoms with E-state index in [4.69, 9.17) is 4.98 Å². The maximum Gasteiger partial charge on any atom is 0.116 e. The Morgan fingerprint density at radius 3 is 2.33 bits per heavy atom. The van der Waals surface area contributed by atoms with Crippen LogP contribution in [0.1, 0.15) is 48.2 Å². The van der Waals surface area contributed by atoms with Gasteiger partial charge in [-0.2, -0.15) is 0 Å². The molecule has 0 radical (unpaired) electrons. The van der Waals surface area contributed by atoms with Crippen LogP contribution in [0.5, 0.6) is 0 Å². The molecule has 0 aliphatic rings. The molecule has 5 heteroatoms. The second-order valence-electron chi connectivity index (χ2n) is 5.33. The maximum atomic E-state index is 4.76. The third-order valence-corrected chi connectivity index (χ3v) is 4.46. The minimum atomic E-state index is 0.102. The molecule has 0 saturated carbocycles. The first-order valence-corrected chi connectivity index (χ1v) is 7.73. The Morgan fingerprint density at radius 2 is 1.89 bits per heavy atom. The Bertz CT molecular complexity index is 522. The van der Waals surface area contributed by atoms with E-state index in [1.165, 1.54) is 0 Å². The maximum absolute atomic E-state index is 4.76. The van der Waals surface area contributed by atoms with Gasteiger partial charge < -0.3 is 5.32 Å². The summed E-state index contributed by atoms with van der Waals surface area (Å²) in [5.74, 6) is 0. The molecule has 2 aromatic heterocycles. The molecule has 2 rings (SSSR count). The third-order valence-electron chi connectivity index (χ3n) is 2.76. The SMILES string of the molecule is CNC(c1csc(C)n1)c1nc(C(C)(C)C)cs1. The van der Waals surface area contributed by atoms with E-state index in [-0.39, 0.29) is 11.5 Å². The molecule has 0 spiro atoms. The van der Waals surface area contributed by atoms with Gasteiger partial charge in [-0.25, -0.2) is 9.97 Å².